The van der Waals surface area contributed by atoms with E-state index in [4.69, 9.17) is 9.84 Å². The van der Waals surface area contributed by atoms with E-state index in [1.807, 2.05) is 0 Å². The minimum Gasteiger partial charge on any atom is -0.394 e. The van der Waals surface area contributed by atoms with Gasteiger partial charge in [-0.25, -0.2) is 9.97 Å². The molecule has 0 bridgehead atoms. The van der Waals surface area contributed by atoms with Crippen LogP contribution in [0.4, 0.5) is 5.82 Å². The number of hydrogen-bond donors (Lipinski definition) is 3. The fraction of sp³-hybridized carbons (Fsp3) is 0.600. The van der Waals surface area contributed by atoms with Crippen LogP contribution in [0, 0.1) is 0 Å². The fourth-order valence-corrected chi connectivity index (χ4v) is 1.94. The Morgan fingerprint density at radius 1 is 1.53 bits per heavy atom. The van der Waals surface area contributed by atoms with Crippen molar-refractivity contribution in [3.8, 4) is 0 Å². The molecule has 0 aliphatic rings. The topological polar surface area (TPSA) is 87.5 Å². The van der Waals surface area contributed by atoms with Crippen LogP contribution < -0.4 is 5.32 Å². The van der Waals surface area contributed by atoms with Gasteiger partial charge < -0.3 is 20.3 Å². The first kappa shape index (κ1) is 14.2. The Morgan fingerprint density at radius 2 is 2.29 bits per heavy atom. The van der Waals surface area contributed by atoms with E-state index in [2.05, 4.69) is 15.3 Å². The maximum absolute atomic E-state index is 9.26. The van der Waals surface area contributed by atoms with Crippen LogP contribution in [0.15, 0.2) is 11.1 Å². The number of thioether (sulfide) groups is 1. The third-order valence-corrected chi connectivity index (χ3v) is 2.97. The molecule has 1 aromatic rings. The number of hydrogen-bond acceptors (Lipinski definition) is 7. The monoisotopic (exact) mass is 259 g/mol. The second kappa shape index (κ2) is 7.44. The smallest absolute Gasteiger partial charge is 0.157 e. The van der Waals surface area contributed by atoms with E-state index in [1.165, 1.54) is 11.8 Å². The van der Waals surface area contributed by atoms with Crippen molar-refractivity contribution >= 4 is 17.6 Å². The molecular formula is C10H17N3O3S. The van der Waals surface area contributed by atoms with Crippen LogP contribution in [0.3, 0.4) is 0 Å². The minimum absolute atomic E-state index is 0.248. The van der Waals surface area contributed by atoms with E-state index in [0.717, 1.165) is 5.03 Å². The van der Waals surface area contributed by atoms with Gasteiger partial charge >= 0.3 is 0 Å². The third-order valence-electron chi connectivity index (χ3n) is 1.91. The van der Waals surface area contributed by atoms with Crippen LogP contribution in [-0.4, -0.2) is 52.8 Å². The van der Waals surface area contributed by atoms with E-state index in [0.29, 0.717) is 24.0 Å². The lowest BCUT2D eigenvalue weighted by molar-refractivity contribution is 0.113. The van der Waals surface area contributed by atoms with Crippen LogP contribution in [-0.2, 0) is 11.3 Å². The molecule has 3 N–H and O–H groups in total. The molecule has 0 radical (unpaired) electrons. The maximum Gasteiger partial charge on any atom is 0.157 e. The number of methoxy groups -OCH3 is 1. The summed E-state index contributed by atoms with van der Waals surface area (Å²) in [5, 5.41) is 21.7. The van der Waals surface area contributed by atoms with Gasteiger partial charge in [0.1, 0.15) is 17.5 Å². The SMILES string of the molecule is CNc1cc(SCC(O)CO)nc(COC)n1. The number of nitrogens with zero attached hydrogens (tertiary/aromatic N) is 2. The number of aliphatic hydroxyl groups excluding tert-OH is 2. The lowest BCUT2D eigenvalue weighted by Crippen LogP contribution is -2.14. The standard InChI is InChI=1S/C10H17N3O3S/c1-11-8-3-10(17-6-7(15)4-14)13-9(12-8)5-16-2/h3,7,14-15H,4-6H2,1-2H3,(H,11,12,13). The molecule has 0 amide bonds. The molecule has 0 aliphatic carbocycles. The predicted octanol–water partition coefficient (Wildman–Crippen LogP) is 0.110. The summed E-state index contributed by atoms with van der Waals surface area (Å²) >= 11 is 1.37. The van der Waals surface area contributed by atoms with Crippen molar-refractivity contribution < 1.29 is 14.9 Å². The van der Waals surface area contributed by atoms with Crippen LogP contribution in [0.1, 0.15) is 5.82 Å². The second-order valence-corrected chi connectivity index (χ2v) is 4.38. The summed E-state index contributed by atoms with van der Waals surface area (Å²) in [5.41, 5.74) is 0. The summed E-state index contributed by atoms with van der Waals surface area (Å²) in [6, 6.07) is 1.79. The van der Waals surface area contributed by atoms with Crippen molar-refractivity contribution in [1.29, 1.82) is 0 Å². The highest BCUT2D eigenvalue weighted by atomic mass is 32.2. The Kier molecular flexibility index (Phi) is 6.20. The summed E-state index contributed by atoms with van der Waals surface area (Å²) in [6.07, 6.45) is -0.737. The molecule has 1 rings (SSSR count). The van der Waals surface area contributed by atoms with Gasteiger partial charge in [-0.1, -0.05) is 0 Å². The zero-order valence-electron chi connectivity index (χ0n) is 9.88. The van der Waals surface area contributed by atoms with E-state index in [1.54, 1.807) is 20.2 Å². The molecule has 0 fully saturated rings. The highest BCUT2D eigenvalue weighted by Gasteiger charge is 2.07. The van der Waals surface area contributed by atoms with E-state index >= 15 is 0 Å². The quantitative estimate of drug-likeness (QED) is 0.473. The Bertz CT molecular complexity index is 352. The molecule has 1 atom stereocenters. The van der Waals surface area contributed by atoms with Crippen molar-refractivity contribution in [2.75, 3.05) is 31.8 Å². The molecule has 0 saturated carbocycles. The number of rotatable bonds is 7. The minimum atomic E-state index is -0.737. The largest absolute Gasteiger partial charge is 0.394 e. The van der Waals surface area contributed by atoms with Gasteiger partial charge in [0.25, 0.3) is 0 Å². The highest BCUT2D eigenvalue weighted by molar-refractivity contribution is 7.99. The molecule has 0 aromatic carbocycles. The maximum atomic E-state index is 9.26. The van der Waals surface area contributed by atoms with Crippen molar-refractivity contribution in [3.05, 3.63) is 11.9 Å². The Labute approximate surface area is 104 Å². The molecule has 0 aliphatic heterocycles. The van der Waals surface area contributed by atoms with Gasteiger partial charge in [0.15, 0.2) is 5.82 Å². The van der Waals surface area contributed by atoms with Gasteiger partial charge in [0, 0.05) is 26.0 Å². The van der Waals surface area contributed by atoms with Gasteiger partial charge in [-0.15, -0.1) is 11.8 Å². The van der Waals surface area contributed by atoms with Crippen LogP contribution in [0.2, 0.25) is 0 Å². The molecule has 1 aromatic heterocycles. The summed E-state index contributed by atoms with van der Waals surface area (Å²) in [4.78, 5) is 8.49. The van der Waals surface area contributed by atoms with Crippen LogP contribution >= 0.6 is 11.8 Å². The Balaban J connectivity index is 2.72. The zero-order chi connectivity index (χ0) is 12.7. The van der Waals surface area contributed by atoms with Crippen molar-refractivity contribution in [2.24, 2.45) is 0 Å². The summed E-state index contributed by atoms with van der Waals surface area (Å²) in [7, 11) is 3.35. The average Bonchev–Trinajstić information content (AvgIpc) is 2.36. The molecule has 0 saturated heterocycles. The first-order chi connectivity index (χ1) is 8.19. The van der Waals surface area contributed by atoms with Crippen molar-refractivity contribution in [3.63, 3.8) is 0 Å². The second-order valence-electron chi connectivity index (χ2n) is 3.34. The van der Waals surface area contributed by atoms with Gasteiger partial charge in [-0.3, -0.25) is 0 Å². The lowest BCUT2D eigenvalue weighted by Gasteiger charge is -2.09. The van der Waals surface area contributed by atoms with Gasteiger partial charge in [0.2, 0.25) is 0 Å². The van der Waals surface area contributed by atoms with Gasteiger partial charge in [-0.2, -0.15) is 0 Å². The van der Waals surface area contributed by atoms with E-state index in [-0.39, 0.29) is 6.61 Å². The number of nitrogens with one attached hydrogen (secondary N) is 1. The van der Waals surface area contributed by atoms with Gasteiger partial charge in [0.05, 0.1) is 12.7 Å². The Morgan fingerprint density at radius 3 is 2.88 bits per heavy atom. The zero-order valence-corrected chi connectivity index (χ0v) is 10.7. The fourth-order valence-electron chi connectivity index (χ4n) is 1.10. The van der Waals surface area contributed by atoms with Crippen molar-refractivity contribution in [1.82, 2.24) is 9.97 Å². The highest BCUT2D eigenvalue weighted by Crippen LogP contribution is 2.19. The molecule has 7 heteroatoms. The normalized spacial score (nSPS) is 12.5. The Hall–Kier alpha value is -0.890. The number of aromatic nitrogens is 2. The summed E-state index contributed by atoms with van der Waals surface area (Å²) < 4.78 is 4.98. The molecule has 17 heavy (non-hydrogen) atoms. The molecular weight excluding hydrogens is 242 g/mol. The van der Waals surface area contributed by atoms with E-state index in [9.17, 15) is 5.11 Å². The first-order valence-electron chi connectivity index (χ1n) is 5.16. The van der Waals surface area contributed by atoms with E-state index < -0.39 is 6.10 Å². The lowest BCUT2D eigenvalue weighted by atomic mass is 10.4. The molecule has 1 unspecified atom stereocenters. The number of anilines is 1. The molecule has 0 spiro atoms. The summed E-state index contributed by atoms with van der Waals surface area (Å²) in [5.74, 6) is 1.68. The number of ether oxygens (including phenoxy) is 1. The van der Waals surface area contributed by atoms with Crippen LogP contribution in [0.5, 0.6) is 0 Å². The molecule has 6 nitrogen and oxygen atoms in total. The average molecular weight is 259 g/mol. The summed E-state index contributed by atoms with van der Waals surface area (Å²) in [6.45, 7) is 0.0908. The molecule has 96 valence electrons. The van der Waals surface area contributed by atoms with Crippen molar-refractivity contribution in [2.45, 2.75) is 17.7 Å². The third kappa shape index (κ3) is 4.86. The van der Waals surface area contributed by atoms with Crippen LogP contribution in [0.25, 0.3) is 0 Å². The molecule has 1 heterocycles. The first-order valence-corrected chi connectivity index (χ1v) is 6.14. The van der Waals surface area contributed by atoms with Gasteiger partial charge in [-0.05, 0) is 0 Å². The predicted molar refractivity (Wildman–Crippen MR) is 66.1 cm³/mol. The number of aliphatic hydroxyl groups is 2.